The Morgan fingerprint density at radius 1 is 0.741 bits per heavy atom. The van der Waals surface area contributed by atoms with Crippen LogP contribution < -0.4 is 0 Å². The predicted molar refractivity (Wildman–Crippen MR) is 117 cm³/mol. The second-order valence-corrected chi connectivity index (χ2v) is 9.64. The molecule has 2 aromatic carbocycles. The highest BCUT2D eigenvalue weighted by atomic mass is 35.5. The van der Waals surface area contributed by atoms with Crippen molar-refractivity contribution in [2.24, 2.45) is 0 Å². The Kier molecular flexibility index (Phi) is 7.60. The Morgan fingerprint density at radius 2 is 1.07 bits per heavy atom. The quantitative estimate of drug-likeness (QED) is 0.419. The number of rotatable bonds is 4. The summed E-state index contributed by atoms with van der Waals surface area (Å²) < 4.78 is 26.6. The zero-order valence-corrected chi connectivity index (χ0v) is 19.3. The fourth-order valence-electron chi connectivity index (χ4n) is 2.30. The molecule has 0 aliphatic heterocycles. The first kappa shape index (κ1) is 22.9. The number of benzene rings is 2. The second-order valence-electron chi connectivity index (χ2n) is 5.31. The van der Waals surface area contributed by atoms with Crippen molar-refractivity contribution >= 4 is 89.5 Å². The van der Waals surface area contributed by atoms with E-state index in [0.717, 1.165) is 0 Å². The minimum Gasteiger partial charge on any atom is -0.218 e. The van der Waals surface area contributed by atoms with Crippen LogP contribution in [0.5, 0.6) is 0 Å². The molecule has 9 heteroatoms. The maximum atomic E-state index is 13.3. The van der Waals surface area contributed by atoms with Crippen molar-refractivity contribution in [1.29, 1.82) is 0 Å². The zero-order chi connectivity index (χ0) is 20.5. The van der Waals surface area contributed by atoms with E-state index in [1.807, 2.05) is 0 Å². The smallest absolute Gasteiger partial charge is 0.209 e. The van der Waals surface area contributed by atoms with Gasteiger partial charge in [-0.1, -0.05) is 81.8 Å². The van der Waals surface area contributed by atoms with Crippen molar-refractivity contribution in [2.45, 2.75) is 23.6 Å². The lowest BCUT2D eigenvalue weighted by atomic mass is 10.2. The average molecular weight is 505 g/mol. The molecule has 0 saturated heterocycles. The molecule has 0 amide bonds. The third-order valence-electron chi connectivity index (χ3n) is 3.61. The summed E-state index contributed by atoms with van der Waals surface area (Å²) in [5, 5.41) is 0.674. The monoisotopic (exact) mass is 502 g/mol. The van der Waals surface area contributed by atoms with E-state index >= 15 is 0 Å². The van der Waals surface area contributed by atoms with E-state index in [0.29, 0.717) is 0 Å². The fourth-order valence-corrected chi connectivity index (χ4v) is 5.78. The Hall–Kier alpha value is -0.390. The number of sulfone groups is 1. The van der Waals surface area contributed by atoms with Crippen LogP contribution in [0.15, 0.2) is 46.2 Å². The molecule has 2 nitrogen and oxygen atoms in total. The van der Waals surface area contributed by atoms with Gasteiger partial charge in [0.25, 0.3) is 0 Å². The molecule has 0 radical (unpaired) electrons. The first-order valence-electron chi connectivity index (χ1n) is 7.42. The van der Waals surface area contributed by atoms with Crippen LogP contribution >= 0.6 is 69.6 Å². The van der Waals surface area contributed by atoms with Gasteiger partial charge in [0.15, 0.2) is 0 Å². The third kappa shape index (κ3) is 4.62. The van der Waals surface area contributed by atoms with Crippen molar-refractivity contribution in [3.05, 3.63) is 67.6 Å². The van der Waals surface area contributed by atoms with Crippen molar-refractivity contribution in [2.75, 3.05) is 0 Å². The summed E-state index contributed by atoms with van der Waals surface area (Å²) in [7, 11) is -4.18. The van der Waals surface area contributed by atoms with Gasteiger partial charge in [0.2, 0.25) is 9.84 Å². The van der Waals surface area contributed by atoms with E-state index < -0.39 is 9.84 Å². The molecule has 0 fully saturated rings. The topological polar surface area (TPSA) is 34.1 Å². The normalized spacial score (nSPS) is 13.2. The summed E-state index contributed by atoms with van der Waals surface area (Å²) in [4.78, 5) is -0.475. The lowest BCUT2D eigenvalue weighted by Crippen LogP contribution is -2.06. The lowest BCUT2D eigenvalue weighted by molar-refractivity contribution is 0.596. The van der Waals surface area contributed by atoms with Crippen LogP contribution in [-0.4, -0.2) is 8.42 Å². The first-order valence-corrected chi connectivity index (χ1v) is 11.2. The largest absolute Gasteiger partial charge is 0.218 e. The highest BCUT2D eigenvalue weighted by Gasteiger charge is 2.28. The molecule has 2 aromatic rings. The van der Waals surface area contributed by atoms with Crippen LogP contribution in [0, 0.1) is 0 Å². The molecule has 0 heterocycles. The van der Waals surface area contributed by atoms with Crippen LogP contribution in [-0.2, 0) is 9.84 Å². The van der Waals surface area contributed by atoms with Gasteiger partial charge in [-0.25, -0.2) is 8.42 Å². The molecule has 0 N–H and O–H groups in total. The molecule has 0 bridgehead atoms. The lowest BCUT2D eigenvalue weighted by Gasteiger charge is -2.14. The standard InChI is InChI=1S/C18H12Cl6O2S/c1-3-13(21)11-5-9(19)7-15(17(11)23)27(25,26)16-8-10(20)6-12(18(16)24)14(22)4-2/h3-8H,1-2H3/b13-3+,14-4+. The van der Waals surface area contributed by atoms with E-state index in [9.17, 15) is 8.42 Å². The Labute approximate surface area is 188 Å². The van der Waals surface area contributed by atoms with Crippen molar-refractivity contribution < 1.29 is 8.42 Å². The van der Waals surface area contributed by atoms with Crippen LogP contribution in [0.2, 0.25) is 20.1 Å². The molecule has 2 rings (SSSR count). The van der Waals surface area contributed by atoms with Gasteiger partial charge >= 0.3 is 0 Å². The Balaban J connectivity index is 2.86. The third-order valence-corrected chi connectivity index (χ3v) is 7.73. The molecule has 144 valence electrons. The number of hydrogen-bond acceptors (Lipinski definition) is 2. The van der Waals surface area contributed by atoms with Crippen LogP contribution in [0.3, 0.4) is 0 Å². The van der Waals surface area contributed by atoms with E-state index in [2.05, 4.69) is 0 Å². The van der Waals surface area contributed by atoms with Gasteiger partial charge in [0.05, 0.1) is 19.8 Å². The SMILES string of the molecule is C/C=C(/Cl)c1cc(Cl)cc(S(=O)(=O)c2cc(Cl)cc(/C(Cl)=C\C)c2Cl)c1Cl. The van der Waals surface area contributed by atoms with Gasteiger partial charge in [-0.2, -0.15) is 0 Å². The van der Waals surface area contributed by atoms with Gasteiger partial charge < -0.3 is 0 Å². The maximum Gasteiger partial charge on any atom is 0.209 e. The summed E-state index contributed by atoms with van der Waals surface area (Å²) >= 11 is 37.1. The summed E-state index contributed by atoms with van der Waals surface area (Å²) in [6, 6.07) is 5.42. The molecular formula is C18H12Cl6O2S. The predicted octanol–water partition coefficient (Wildman–Crippen LogP) is 8.33. The highest BCUT2D eigenvalue weighted by molar-refractivity contribution is 7.91. The average Bonchev–Trinajstić information content (AvgIpc) is 2.63. The minimum absolute atomic E-state index is 0.0720. The number of halogens is 6. The summed E-state index contributed by atoms with van der Waals surface area (Å²) in [6.45, 7) is 3.37. The maximum absolute atomic E-state index is 13.3. The molecular weight excluding hydrogens is 493 g/mol. The van der Waals surface area contributed by atoms with Crippen LogP contribution in [0.25, 0.3) is 10.1 Å². The summed E-state index contributed by atoms with van der Waals surface area (Å²) in [5.41, 5.74) is 0.577. The van der Waals surface area contributed by atoms with Crippen molar-refractivity contribution in [3.63, 3.8) is 0 Å². The Morgan fingerprint density at radius 3 is 1.37 bits per heavy atom. The summed E-state index contributed by atoms with van der Waals surface area (Å²) in [5.74, 6) is 0. The fraction of sp³-hybridized carbons (Fsp3) is 0.111. The number of allylic oxidation sites excluding steroid dienone is 2. The Bertz CT molecular complexity index is 992. The van der Waals surface area contributed by atoms with Crippen molar-refractivity contribution in [1.82, 2.24) is 0 Å². The van der Waals surface area contributed by atoms with Crippen LogP contribution in [0.1, 0.15) is 25.0 Å². The molecule has 0 aliphatic carbocycles. The molecule has 0 aliphatic rings. The summed E-state index contributed by atoms with van der Waals surface area (Å²) in [6.07, 6.45) is 3.15. The van der Waals surface area contributed by atoms with Gasteiger partial charge in [-0.05, 0) is 38.1 Å². The molecule has 0 aromatic heterocycles. The van der Waals surface area contributed by atoms with E-state index in [1.54, 1.807) is 26.0 Å². The van der Waals surface area contributed by atoms with E-state index in [4.69, 9.17) is 69.6 Å². The van der Waals surface area contributed by atoms with Gasteiger partial charge in [0, 0.05) is 31.2 Å². The zero-order valence-electron chi connectivity index (χ0n) is 14.0. The molecule has 0 unspecified atom stereocenters. The van der Waals surface area contributed by atoms with Gasteiger partial charge in [0.1, 0.15) is 0 Å². The second kappa shape index (κ2) is 8.96. The first-order chi connectivity index (χ1) is 12.5. The molecule has 0 saturated carbocycles. The molecule has 0 spiro atoms. The molecule has 0 atom stereocenters. The van der Waals surface area contributed by atoms with Crippen LogP contribution in [0.4, 0.5) is 0 Å². The van der Waals surface area contributed by atoms with Gasteiger partial charge in [-0.3, -0.25) is 0 Å². The minimum atomic E-state index is -4.18. The molecule has 27 heavy (non-hydrogen) atoms. The number of hydrogen-bond donors (Lipinski definition) is 0. The highest BCUT2D eigenvalue weighted by Crippen LogP contribution is 2.41. The van der Waals surface area contributed by atoms with Gasteiger partial charge in [-0.15, -0.1) is 0 Å². The van der Waals surface area contributed by atoms with E-state index in [1.165, 1.54) is 24.3 Å². The van der Waals surface area contributed by atoms with E-state index in [-0.39, 0.29) is 51.1 Å². The van der Waals surface area contributed by atoms with Crippen molar-refractivity contribution in [3.8, 4) is 0 Å².